The molecule has 0 fully saturated rings. The van der Waals surface area contributed by atoms with Crippen molar-refractivity contribution >= 4 is 6.29 Å². The van der Waals surface area contributed by atoms with E-state index in [2.05, 4.69) is 25.2 Å². The first-order valence-electron chi connectivity index (χ1n) is 4.24. The molecular weight excluding hydrogens is 148 g/mol. The fourth-order valence-electron chi connectivity index (χ4n) is 1.18. The van der Waals surface area contributed by atoms with E-state index in [1.54, 1.807) is 0 Å². The first-order valence-corrected chi connectivity index (χ1v) is 4.24. The Morgan fingerprint density at radius 1 is 1.50 bits per heavy atom. The highest BCUT2D eigenvalue weighted by Gasteiger charge is 2.00. The number of hydrogen-bond acceptors (Lipinski definition) is 1. The molecule has 0 aromatic heterocycles. The molecule has 0 heterocycles. The van der Waals surface area contributed by atoms with Crippen molar-refractivity contribution in [1.29, 1.82) is 0 Å². The van der Waals surface area contributed by atoms with Crippen LogP contribution in [0.5, 0.6) is 0 Å². The van der Waals surface area contributed by atoms with Gasteiger partial charge in [0.2, 0.25) is 0 Å². The molecule has 0 aromatic rings. The number of carbonyl (C=O) groups is 1. The van der Waals surface area contributed by atoms with E-state index < -0.39 is 0 Å². The van der Waals surface area contributed by atoms with Crippen LogP contribution in [0.25, 0.3) is 0 Å². The highest BCUT2D eigenvalue weighted by atomic mass is 16.1. The molecule has 0 amide bonds. The summed E-state index contributed by atoms with van der Waals surface area (Å²) in [5, 5.41) is 0. The Morgan fingerprint density at radius 3 is 2.92 bits per heavy atom. The Hall–Kier alpha value is -1.11. The molecule has 0 aromatic carbocycles. The van der Waals surface area contributed by atoms with Gasteiger partial charge in [-0.2, -0.15) is 0 Å². The summed E-state index contributed by atoms with van der Waals surface area (Å²) in [6.07, 6.45) is 10.0. The Labute approximate surface area is 73.5 Å². The largest absolute Gasteiger partial charge is 0.298 e. The average Bonchev–Trinajstić information content (AvgIpc) is 2.06. The smallest absolute Gasteiger partial charge is 0.146 e. The second-order valence-electron chi connectivity index (χ2n) is 3.18. The molecule has 64 valence electrons. The number of hydrogen-bond donors (Lipinski definition) is 0. The van der Waals surface area contributed by atoms with Crippen LogP contribution in [-0.2, 0) is 4.79 Å². The van der Waals surface area contributed by atoms with E-state index in [-0.39, 0.29) is 0 Å². The van der Waals surface area contributed by atoms with Gasteiger partial charge < -0.3 is 0 Å². The van der Waals surface area contributed by atoms with Gasteiger partial charge in [0.15, 0.2) is 0 Å². The molecule has 1 unspecified atom stereocenters. The van der Waals surface area contributed by atoms with Gasteiger partial charge >= 0.3 is 0 Å². The summed E-state index contributed by atoms with van der Waals surface area (Å²) >= 11 is 0. The van der Waals surface area contributed by atoms with E-state index >= 15 is 0 Å². The fourth-order valence-corrected chi connectivity index (χ4v) is 1.18. The second kappa shape index (κ2) is 4.05. The van der Waals surface area contributed by atoms with Crippen molar-refractivity contribution in [3.63, 3.8) is 0 Å². The van der Waals surface area contributed by atoms with E-state index in [4.69, 9.17) is 0 Å². The van der Waals surface area contributed by atoms with Crippen molar-refractivity contribution in [2.45, 2.75) is 20.3 Å². The van der Waals surface area contributed by atoms with Gasteiger partial charge in [-0.15, -0.1) is 0 Å². The molecule has 12 heavy (non-hydrogen) atoms. The molecule has 1 aliphatic rings. The highest BCUT2D eigenvalue weighted by Crippen LogP contribution is 2.14. The summed E-state index contributed by atoms with van der Waals surface area (Å²) in [5.74, 6) is 0.480. The number of allylic oxidation sites excluding steroid dienone is 6. The summed E-state index contributed by atoms with van der Waals surface area (Å²) in [6, 6.07) is 0. The second-order valence-corrected chi connectivity index (χ2v) is 3.18. The van der Waals surface area contributed by atoms with Crippen molar-refractivity contribution in [2.24, 2.45) is 5.92 Å². The number of carbonyl (C=O) groups excluding carboxylic acids is 1. The van der Waals surface area contributed by atoms with E-state index in [0.717, 1.165) is 23.9 Å². The Bertz CT molecular complexity index is 256. The molecule has 1 aliphatic carbocycles. The maximum Gasteiger partial charge on any atom is 0.146 e. The van der Waals surface area contributed by atoms with Gasteiger partial charge in [-0.3, -0.25) is 4.79 Å². The molecule has 0 aliphatic heterocycles. The van der Waals surface area contributed by atoms with Gasteiger partial charge in [0, 0.05) is 0 Å². The Kier molecular flexibility index (Phi) is 3.03. The zero-order valence-electron chi connectivity index (χ0n) is 7.58. The quantitative estimate of drug-likeness (QED) is 0.428. The lowest BCUT2D eigenvalue weighted by Gasteiger charge is -2.05. The first kappa shape index (κ1) is 8.98. The molecule has 0 saturated carbocycles. The third-order valence-corrected chi connectivity index (χ3v) is 2.08. The molecule has 0 N–H and O–H groups in total. The lowest BCUT2D eigenvalue weighted by molar-refractivity contribution is -0.105. The average molecular weight is 162 g/mol. The predicted octanol–water partition coefficient (Wildman–Crippen LogP) is 2.65. The molecule has 0 radical (unpaired) electrons. The molecule has 1 rings (SSSR count). The van der Waals surface area contributed by atoms with E-state index in [1.165, 1.54) is 0 Å². The van der Waals surface area contributed by atoms with Gasteiger partial charge in [0.25, 0.3) is 0 Å². The topological polar surface area (TPSA) is 17.1 Å². The van der Waals surface area contributed by atoms with E-state index in [0.29, 0.717) is 5.92 Å². The molecule has 0 bridgehead atoms. The summed E-state index contributed by atoms with van der Waals surface area (Å²) in [4.78, 5) is 10.6. The maximum atomic E-state index is 10.6. The first-order chi connectivity index (χ1) is 5.74. The fraction of sp³-hybridized carbons (Fsp3) is 0.364. The van der Waals surface area contributed by atoms with E-state index in [1.807, 2.05) is 13.0 Å². The minimum Gasteiger partial charge on any atom is -0.298 e. The summed E-state index contributed by atoms with van der Waals surface area (Å²) in [5.41, 5.74) is 1.97. The third-order valence-electron chi connectivity index (χ3n) is 2.08. The zero-order valence-corrected chi connectivity index (χ0v) is 7.58. The Morgan fingerprint density at radius 2 is 2.25 bits per heavy atom. The van der Waals surface area contributed by atoms with Crippen molar-refractivity contribution in [3.8, 4) is 0 Å². The van der Waals surface area contributed by atoms with Gasteiger partial charge in [0.05, 0.1) is 0 Å². The summed E-state index contributed by atoms with van der Waals surface area (Å²) in [6.45, 7) is 4.11. The maximum absolute atomic E-state index is 10.6. The lowest BCUT2D eigenvalue weighted by atomic mass is 10.0. The predicted molar refractivity (Wildman–Crippen MR) is 50.8 cm³/mol. The zero-order chi connectivity index (χ0) is 8.97. The molecule has 1 nitrogen and oxygen atoms in total. The minimum absolute atomic E-state index is 0.480. The van der Waals surface area contributed by atoms with E-state index in [9.17, 15) is 4.79 Å². The van der Waals surface area contributed by atoms with Crippen LogP contribution in [0.15, 0.2) is 35.5 Å². The van der Waals surface area contributed by atoms with Crippen LogP contribution < -0.4 is 0 Å². The van der Waals surface area contributed by atoms with Crippen molar-refractivity contribution in [3.05, 3.63) is 35.5 Å². The van der Waals surface area contributed by atoms with Gasteiger partial charge in [-0.05, 0) is 30.4 Å². The van der Waals surface area contributed by atoms with Crippen LogP contribution in [0.1, 0.15) is 20.3 Å². The van der Waals surface area contributed by atoms with Gasteiger partial charge in [-0.25, -0.2) is 0 Å². The van der Waals surface area contributed by atoms with Crippen LogP contribution >= 0.6 is 0 Å². The van der Waals surface area contributed by atoms with Crippen molar-refractivity contribution in [1.82, 2.24) is 0 Å². The third kappa shape index (κ3) is 2.19. The lowest BCUT2D eigenvalue weighted by Crippen LogP contribution is -1.92. The standard InChI is InChI=1S/C11H14O/c1-9-4-3-5-11(8-12)10(2)7-6-9/h3-4,6-9H,5H2,1-2H3/b4-3-,7-6-,11-10+. The molecule has 1 heteroatoms. The number of rotatable bonds is 1. The molecule has 0 saturated heterocycles. The van der Waals surface area contributed by atoms with Gasteiger partial charge in [-0.1, -0.05) is 31.2 Å². The SMILES string of the molecule is CC1=C(\C=O)C/C=C\C(C)/C=C\1. The molecule has 0 spiro atoms. The summed E-state index contributed by atoms with van der Waals surface area (Å²) < 4.78 is 0. The normalized spacial score (nSPS) is 35.0. The highest BCUT2D eigenvalue weighted by molar-refractivity contribution is 5.75. The minimum atomic E-state index is 0.480. The van der Waals surface area contributed by atoms with Crippen LogP contribution in [0, 0.1) is 5.92 Å². The van der Waals surface area contributed by atoms with Crippen LogP contribution in [0.4, 0.5) is 0 Å². The van der Waals surface area contributed by atoms with Crippen LogP contribution in [0.2, 0.25) is 0 Å². The molecule has 1 atom stereocenters. The van der Waals surface area contributed by atoms with Crippen LogP contribution in [-0.4, -0.2) is 6.29 Å². The van der Waals surface area contributed by atoms with Crippen molar-refractivity contribution in [2.75, 3.05) is 0 Å². The Balaban J connectivity index is 2.93. The molecular formula is C11H14O. The summed E-state index contributed by atoms with van der Waals surface area (Å²) in [7, 11) is 0. The van der Waals surface area contributed by atoms with Crippen molar-refractivity contribution < 1.29 is 4.79 Å². The van der Waals surface area contributed by atoms with Gasteiger partial charge in [0.1, 0.15) is 6.29 Å². The monoisotopic (exact) mass is 162 g/mol. The number of aldehydes is 1. The van der Waals surface area contributed by atoms with Crippen LogP contribution in [0.3, 0.4) is 0 Å².